The summed E-state index contributed by atoms with van der Waals surface area (Å²) in [5.41, 5.74) is 4.13. The molecule has 0 atom stereocenters. The minimum Gasteiger partial charge on any atom is -0.355 e. The zero-order chi connectivity index (χ0) is 18.1. The molecule has 3 aromatic rings. The number of hydrogen-bond acceptors (Lipinski definition) is 1. The first-order valence-electron chi connectivity index (χ1n) is 9.11. The second kappa shape index (κ2) is 6.55. The maximum atomic E-state index is 3.71. The van der Waals surface area contributed by atoms with Gasteiger partial charge in [-0.05, 0) is 40.3 Å². The monoisotopic (exact) mass is 331 g/mol. The number of anilines is 2. The van der Waals surface area contributed by atoms with Gasteiger partial charge >= 0.3 is 0 Å². The van der Waals surface area contributed by atoms with Crippen LogP contribution in [-0.2, 0) is 5.41 Å². The molecule has 0 amide bonds. The van der Waals surface area contributed by atoms with E-state index >= 15 is 0 Å². The zero-order valence-electron chi connectivity index (χ0n) is 16.1. The van der Waals surface area contributed by atoms with Crippen LogP contribution in [0.25, 0.3) is 10.8 Å². The average molecular weight is 332 g/mol. The van der Waals surface area contributed by atoms with E-state index in [9.17, 15) is 0 Å². The van der Waals surface area contributed by atoms with Crippen molar-refractivity contribution in [3.63, 3.8) is 0 Å². The van der Waals surface area contributed by atoms with Crippen LogP contribution in [0.15, 0.2) is 66.7 Å². The highest BCUT2D eigenvalue weighted by Crippen LogP contribution is 2.40. The molecular weight excluding hydrogens is 302 g/mol. The molecule has 0 saturated carbocycles. The first-order chi connectivity index (χ1) is 11.8. The smallest absolute Gasteiger partial charge is 0.0463 e. The van der Waals surface area contributed by atoms with Gasteiger partial charge in [-0.15, -0.1) is 0 Å². The minimum atomic E-state index is 0.104. The van der Waals surface area contributed by atoms with Crippen LogP contribution in [-0.4, -0.2) is 0 Å². The highest BCUT2D eigenvalue weighted by atomic mass is 14.9. The number of rotatable bonds is 4. The molecule has 1 heteroatoms. The van der Waals surface area contributed by atoms with Crippen molar-refractivity contribution >= 4 is 22.1 Å². The summed E-state index contributed by atoms with van der Waals surface area (Å²) in [6, 6.07) is 23.7. The van der Waals surface area contributed by atoms with Crippen LogP contribution in [0.5, 0.6) is 0 Å². The van der Waals surface area contributed by atoms with Gasteiger partial charge in [0, 0.05) is 16.8 Å². The quantitative estimate of drug-likeness (QED) is 0.529. The molecule has 0 radical (unpaired) electrons. The average Bonchev–Trinajstić information content (AvgIpc) is 2.53. The molecule has 0 aliphatic rings. The Morgan fingerprint density at radius 1 is 0.680 bits per heavy atom. The van der Waals surface area contributed by atoms with Crippen molar-refractivity contribution in [2.24, 2.45) is 5.41 Å². The first-order valence-corrected chi connectivity index (χ1v) is 9.11. The molecule has 0 unspecified atom stereocenters. The molecule has 0 aromatic heterocycles. The summed E-state index contributed by atoms with van der Waals surface area (Å²) in [5, 5.41) is 6.23. The van der Waals surface area contributed by atoms with Crippen molar-refractivity contribution in [2.75, 3.05) is 5.32 Å². The van der Waals surface area contributed by atoms with E-state index in [4.69, 9.17) is 0 Å². The predicted molar refractivity (Wildman–Crippen MR) is 111 cm³/mol. The number of fused-ring (bicyclic) bond motifs is 1. The topological polar surface area (TPSA) is 12.0 Å². The molecule has 130 valence electrons. The molecule has 0 aliphatic heterocycles. The van der Waals surface area contributed by atoms with Crippen LogP contribution in [0.4, 0.5) is 11.4 Å². The molecule has 0 spiro atoms. The van der Waals surface area contributed by atoms with Crippen LogP contribution in [0.1, 0.15) is 46.6 Å². The van der Waals surface area contributed by atoms with Crippen LogP contribution in [0.2, 0.25) is 0 Å². The van der Waals surface area contributed by atoms with E-state index in [0.717, 1.165) is 12.1 Å². The fourth-order valence-corrected chi connectivity index (χ4v) is 4.08. The first kappa shape index (κ1) is 17.5. The lowest BCUT2D eigenvalue weighted by molar-refractivity contribution is 0.284. The number of nitrogens with one attached hydrogen (secondary N) is 1. The predicted octanol–water partition coefficient (Wildman–Crippen LogP) is 7.30. The fraction of sp³-hybridized carbons (Fsp3) is 0.333. The van der Waals surface area contributed by atoms with Gasteiger partial charge in [0.1, 0.15) is 0 Å². The molecule has 0 aliphatic carbocycles. The van der Waals surface area contributed by atoms with E-state index < -0.39 is 0 Å². The summed E-state index contributed by atoms with van der Waals surface area (Å²) in [6.07, 6.45) is 1.13. The second-order valence-electron chi connectivity index (χ2n) is 8.82. The van der Waals surface area contributed by atoms with Crippen molar-refractivity contribution in [3.8, 4) is 0 Å². The highest BCUT2D eigenvalue weighted by Gasteiger charge is 2.29. The maximum Gasteiger partial charge on any atom is 0.0463 e. The lowest BCUT2D eigenvalue weighted by atomic mass is 9.72. The summed E-state index contributed by atoms with van der Waals surface area (Å²) in [4.78, 5) is 0. The molecule has 3 aromatic carbocycles. The summed E-state index contributed by atoms with van der Waals surface area (Å²) < 4.78 is 0. The molecule has 0 fully saturated rings. The van der Waals surface area contributed by atoms with E-state index in [-0.39, 0.29) is 10.8 Å². The molecule has 1 N–H and O–H groups in total. The van der Waals surface area contributed by atoms with Crippen LogP contribution < -0.4 is 5.32 Å². The van der Waals surface area contributed by atoms with Gasteiger partial charge in [-0.3, -0.25) is 0 Å². The molecule has 0 saturated heterocycles. The van der Waals surface area contributed by atoms with Crippen molar-refractivity contribution in [3.05, 3.63) is 72.3 Å². The number of hydrogen-bond donors (Lipinski definition) is 1. The Bertz CT molecular complexity index is 863. The molecule has 0 bridgehead atoms. The van der Waals surface area contributed by atoms with E-state index in [1.807, 2.05) is 0 Å². The largest absolute Gasteiger partial charge is 0.355 e. The third kappa shape index (κ3) is 4.04. The van der Waals surface area contributed by atoms with E-state index in [0.29, 0.717) is 0 Å². The van der Waals surface area contributed by atoms with Crippen LogP contribution >= 0.6 is 0 Å². The Hall–Kier alpha value is -2.28. The van der Waals surface area contributed by atoms with Crippen LogP contribution in [0.3, 0.4) is 0 Å². The summed E-state index contributed by atoms with van der Waals surface area (Å²) in [5.74, 6) is 0. The highest BCUT2D eigenvalue weighted by molar-refractivity contribution is 5.95. The second-order valence-corrected chi connectivity index (χ2v) is 8.82. The van der Waals surface area contributed by atoms with Crippen molar-refractivity contribution in [1.29, 1.82) is 0 Å². The Balaban J connectivity index is 2.01. The van der Waals surface area contributed by atoms with Gasteiger partial charge in [-0.2, -0.15) is 0 Å². The van der Waals surface area contributed by atoms with Crippen molar-refractivity contribution in [2.45, 2.75) is 46.5 Å². The summed E-state index contributed by atoms with van der Waals surface area (Å²) >= 11 is 0. The number of benzene rings is 3. The molecule has 0 heterocycles. The normalized spacial score (nSPS) is 12.4. The lowest BCUT2D eigenvalue weighted by Gasteiger charge is -2.34. The van der Waals surface area contributed by atoms with E-state index in [1.54, 1.807) is 0 Å². The van der Waals surface area contributed by atoms with Gasteiger partial charge in [0.2, 0.25) is 0 Å². The van der Waals surface area contributed by atoms with E-state index in [1.165, 1.54) is 22.0 Å². The van der Waals surface area contributed by atoms with E-state index in [2.05, 4.69) is 107 Å². The third-order valence-electron chi connectivity index (χ3n) is 4.69. The van der Waals surface area contributed by atoms with Gasteiger partial charge in [-0.1, -0.05) is 89.2 Å². The van der Waals surface area contributed by atoms with Gasteiger partial charge in [0.05, 0.1) is 0 Å². The Kier molecular flexibility index (Phi) is 4.60. The van der Waals surface area contributed by atoms with Gasteiger partial charge in [0.15, 0.2) is 0 Å². The van der Waals surface area contributed by atoms with Crippen molar-refractivity contribution in [1.82, 2.24) is 0 Å². The van der Waals surface area contributed by atoms with Gasteiger partial charge in [0.25, 0.3) is 0 Å². The lowest BCUT2D eigenvalue weighted by Crippen LogP contribution is -2.25. The summed E-state index contributed by atoms with van der Waals surface area (Å²) in [7, 11) is 0. The Morgan fingerprint density at radius 2 is 1.28 bits per heavy atom. The fourth-order valence-electron chi connectivity index (χ4n) is 4.08. The van der Waals surface area contributed by atoms with Gasteiger partial charge in [-0.25, -0.2) is 0 Å². The Labute approximate surface area is 152 Å². The zero-order valence-corrected chi connectivity index (χ0v) is 16.1. The Morgan fingerprint density at radius 3 is 2.04 bits per heavy atom. The molecule has 1 nitrogen and oxygen atoms in total. The number of para-hydroxylation sites is 1. The van der Waals surface area contributed by atoms with Crippen LogP contribution in [0, 0.1) is 5.41 Å². The molecular formula is C24H29N. The maximum absolute atomic E-state index is 3.71. The third-order valence-corrected chi connectivity index (χ3v) is 4.69. The summed E-state index contributed by atoms with van der Waals surface area (Å²) in [6.45, 7) is 11.6. The molecule has 25 heavy (non-hydrogen) atoms. The standard InChI is InChI=1S/C24H29N/c1-23(2,3)17-24(4,5)20-14-8-9-15-22(20)25-21-16-10-12-18-11-6-7-13-19(18)21/h6-16,25H,17H2,1-5H3. The van der Waals surface area contributed by atoms with Crippen molar-refractivity contribution < 1.29 is 0 Å². The minimum absolute atomic E-state index is 0.104. The SMILES string of the molecule is CC(C)(C)CC(C)(C)c1ccccc1Nc1cccc2ccccc12. The van der Waals surface area contributed by atoms with Gasteiger partial charge < -0.3 is 5.32 Å². The molecule has 3 rings (SSSR count).